The van der Waals surface area contributed by atoms with E-state index in [1.807, 2.05) is 4.90 Å². The van der Waals surface area contributed by atoms with Crippen LogP contribution in [-0.2, 0) is 4.74 Å². The average molecular weight is 269 g/mol. The molecule has 5 heteroatoms. The van der Waals surface area contributed by atoms with Gasteiger partial charge in [-0.3, -0.25) is 0 Å². The Balaban J connectivity index is 1.47. The lowest BCUT2D eigenvalue weighted by Gasteiger charge is -2.34. The summed E-state index contributed by atoms with van der Waals surface area (Å²) < 4.78 is 5.54. The smallest absolute Gasteiger partial charge is 0.317 e. The van der Waals surface area contributed by atoms with Gasteiger partial charge in [-0.15, -0.1) is 0 Å². The summed E-state index contributed by atoms with van der Waals surface area (Å²) in [5.41, 5.74) is 0. The molecule has 1 N–H and O–H groups in total. The van der Waals surface area contributed by atoms with Crippen molar-refractivity contribution in [3.8, 4) is 0 Å². The fraction of sp³-hybridized carbons (Fsp3) is 0.929. The molecule has 0 bridgehead atoms. The second-order valence-electron chi connectivity index (χ2n) is 5.53. The van der Waals surface area contributed by atoms with Crippen LogP contribution >= 0.6 is 0 Å². The number of ether oxygens (including phenoxy) is 1. The van der Waals surface area contributed by atoms with Gasteiger partial charge < -0.3 is 19.9 Å². The number of piperazine rings is 1. The van der Waals surface area contributed by atoms with E-state index < -0.39 is 0 Å². The van der Waals surface area contributed by atoms with Gasteiger partial charge in [-0.1, -0.05) is 6.92 Å². The first-order chi connectivity index (χ1) is 9.29. The van der Waals surface area contributed by atoms with Crippen LogP contribution in [0.1, 0.15) is 26.2 Å². The first kappa shape index (κ1) is 14.6. The minimum absolute atomic E-state index is 0.0814. The molecule has 0 aromatic carbocycles. The SMILES string of the molecule is CCN1CCN(C(=O)NCCCOCC2CC2)CC1. The maximum absolute atomic E-state index is 11.9. The van der Waals surface area contributed by atoms with E-state index in [4.69, 9.17) is 4.74 Å². The highest BCUT2D eigenvalue weighted by Crippen LogP contribution is 2.28. The van der Waals surface area contributed by atoms with Gasteiger partial charge in [0.25, 0.3) is 0 Å². The molecule has 1 heterocycles. The molecule has 0 unspecified atom stereocenters. The number of rotatable bonds is 7. The van der Waals surface area contributed by atoms with Crippen molar-refractivity contribution in [3.63, 3.8) is 0 Å². The third kappa shape index (κ3) is 5.37. The molecule has 19 heavy (non-hydrogen) atoms. The van der Waals surface area contributed by atoms with Crippen LogP contribution in [-0.4, -0.2) is 68.3 Å². The summed E-state index contributed by atoms with van der Waals surface area (Å²) in [6, 6.07) is 0.0814. The van der Waals surface area contributed by atoms with Gasteiger partial charge in [0.1, 0.15) is 0 Å². The van der Waals surface area contributed by atoms with Crippen molar-refractivity contribution < 1.29 is 9.53 Å². The summed E-state index contributed by atoms with van der Waals surface area (Å²) in [5.74, 6) is 0.824. The fourth-order valence-corrected chi connectivity index (χ4v) is 2.28. The van der Waals surface area contributed by atoms with E-state index >= 15 is 0 Å². The standard InChI is InChI=1S/C14H27N3O2/c1-2-16-7-9-17(10-8-16)14(18)15-6-3-11-19-12-13-4-5-13/h13H,2-12H2,1H3,(H,15,18). The van der Waals surface area contributed by atoms with Gasteiger partial charge in [-0.05, 0) is 31.7 Å². The quantitative estimate of drug-likeness (QED) is 0.705. The number of carbonyl (C=O) groups excluding carboxylic acids is 1. The highest BCUT2D eigenvalue weighted by atomic mass is 16.5. The maximum Gasteiger partial charge on any atom is 0.317 e. The maximum atomic E-state index is 11.9. The van der Waals surface area contributed by atoms with E-state index in [1.165, 1.54) is 12.8 Å². The molecule has 1 saturated carbocycles. The molecule has 2 amide bonds. The van der Waals surface area contributed by atoms with Crippen LogP contribution in [0.15, 0.2) is 0 Å². The van der Waals surface area contributed by atoms with Crippen LogP contribution in [0.5, 0.6) is 0 Å². The summed E-state index contributed by atoms with van der Waals surface area (Å²) in [7, 11) is 0. The van der Waals surface area contributed by atoms with Crippen LogP contribution in [0.25, 0.3) is 0 Å². The first-order valence-electron chi connectivity index (χ1n) is 7.62. The Morgan fingerprint density at radius 3 is 2.63 bits per heavy atom. The zero-order valence-corrected chi connectivity index (χ0v) is 12.1. The van der Waals surface area contributed by atoms with Gasteiger partial charge in [0.15, 0.2) is 0 Å². The zero-order chi connectivity index (χ0) is 13.5. The van der Waals surface area contributed by atoms with Gasteiger partial charge in [0, 0.05) is 45.9 Å². The molecule has 2 aliphatic rings. The van der Waals surface area contributed by atoms with Gasteiger partial charge in [-0.25, -0.2) is 4.79 Å². The predicted octanol–water partition coefficient (Wildman–Crippen LogP) is 1.15. The third-order valence-corrected chi connectivity index (χ3v) is 3.90. The number of urea groups is 1. The first-order valence-corrected chi connectivity index (χ1v) is 7.62. The molecule has 0 spiro atoms. The molecule has 0 aromatic heterocycles. The van der Waals surface area contributed by atoms with Crippen LogP contribution in [0, 0.1) is 5.92 Å². The molecule has 1 aliphatic heterocycles. The number of nitrogens with zero attached hydrogens (tertiary/aromatic N) is 2. The van der Waals surface area contributed by atoms with Crippen molar-refractivity contribution in [1.29, 1.82) is 0 Å². The monoisotopic (exact) mass is 269 g/mol. The Morgan fingerprint density at radius 1 is 1.26 bits per heavy atom. The normalized spacial score (nSPS) is 20.6. The lowest BCUT2D eigenvalue weighted by molar-refractivity contribution is 0.120. The molecule has 1 saturated heterocycles. The van der Waals surface area contributed by atoms with Crippen LogP contribution in [0.3, 0.4) is 0 Å². The molecular weight excluding hydrogens is 242 g/mol. The Bertz CT molecular complexity index is 274. The highest BCUT2D eigenvalue weighted by Gasteiger charge is 2.21. The van der Waals surface area contributed by atoms with E-state index in [2.05, 4.69) is 17.1 Å². The van der Waals surface area contributed by atoms with Crippen LogP contribution in [0.2, 0.25) is 0 Å². The Morgan fingerprint density at radius 2 is 2.00 bits per heavy atom. The van der Waals surface area contributed by atoms with Crippen molar-refractivity contribution in [2.24, 2.45) is 5.92 Å². The molecule has 110 valence electrons. The van der Waals surface area contributed by atoms with E-state index in [9.17, 15) is 4.79 Å². The van der Waals surface area contributed by atoms with Gasteiger partial charge in [0.2, 0.25) is 0 Å². The van der Waals surface area contributed by atoms with Gasteiger partial charge >= 0.3 is 6.03 Å². The molecule has 0 atom stereocenters. The van der Waals surface area contributed by atoms with E-state index in [1.54, 1.807) is 0 Å². The van der Waals surface area contributed by atoms with Crippen molar-refractivity contribution >= 4 is 6.03 Å². The topological polar surface area (TPSA) is 44.8 Å². The Labute approximate surface area is 116 Å². The number of hydrogen-bond acceptors (Lipinski definition) is 3. The van der Waals surface area contributed by atoms with Gasteiger partial charge in [0.05, 0.1) is 0 Å². The van der Waals surface area contributed by atoms with Crippen LogP contribution < -0.4 is 5.32 Å². The average Bonchev–Trinajstić information content (AvgIpc) is 3.26. The molecule has 0 aromatic rings. The summed E-state index contributed by atoms with van der Waals surface area (Å²) >= 11 is 0. The second kappa shape index (κ2) is 7.70. The molecular formula is C14H27N3O2. The Kier molecular flexibility index (Phi) is 5.92. The van der Waals surface area contributed by atoms with E-state index in [0.29, 0.717) is 0 Å². The lowest BCUT2D eigenvalue weighted by atomic mass is 10.3. The minimum atomic E-state index is 0.0814. The van der Waals surface area contributed by atoms with Crippen molar-refractivity contribution in [2.45, 2.75) is 26.2 Å². The van der Waals surface area contributed by atoms with Crippen molar-refractivity contribution in [3.05, 3.63) is 0 Å². The van der Waals surface area contributed by atoms with Crippen molar-refractivity contribution in [1.82, 2.24) is 15.1 Å². The van der Waals surface area contributed by atoms with Crippen molar-refractivity contribution in [2.75, 3.05) is 52.5 Å². The third-order valence-electron chi connectivity index (χ3n) is 3.90. The largest absolute Gasteiger partial charge is 0.381 e. The minimum Gasteiger partial charge on any atom is -0.381 e. The molecule has 2 fully saturated rings. The van der Waals surface area contributed by atoms with Gasteiger partial charge in [-0.2, -0.15) is 0 Å². The lowest BCUT2D eigenvalue weighted by Crippen LogP contribution is -2.51. The van der Waals surface area contributed by atoms with E-state index in [0.717, 1.165) is 64.8 Å². The number of likely N-dealkylation sites (N-methyl/N-ethyl adjacent to an activating group) is 1. The molecule has 5 nitrogen and oxygen atoms in total. The van der Waals surface area contributed by atoms with Crippen LogP contribution in [0.4, 0.5) is 4.79 Å². The summed E-state index contributed by atoms with van der Waals surface area (Å²) in [6.45, 7) is 9.31. The summed E-state index contributed by atoms with van der Waals surface area (Å²) in [6.07, 6.45) is 3.58. The molecule has 2 rings (SSSR count). The number of nitrogens with one attached hydrogen (secondary N) is 1. The Hall–Kier alpha value is -0.810. The summed E-state index contributed by atoms with van der Waals surface area (Å²) in [4.78, 5) is 16.2. The second-order valence-corrected chi connectivity index (χ2v) is 5.53. The number of amides is 2. The molecule has 1 aliphatic carbocycles. The number of hydrogen-bond donors (Lipinski definition) is 1. The summed E-state index contributed by atoms with van der Waals surface area (Å²) in [5, 5.41) is 2.98. The predicted molar refractivity (Wildman–Crippen MR) is 75.2 cm³/mol. The number of carbonyl (C=O) groups is 1. The fourth-order valence-electron chi connectivity index (χ4n) is 2.28. The zero-order valence-electron chi connectivity index (χ0n) is 12.1. The molecule has 0 radical (unpaired) electrons. The highest BCUT2D eigenvalue weighted by molar-refractivity contribution is 5.74. The van der Waals surface area contributed by atoms with E-state index in [-0.39, 0.29) is 6.03 Å².